The Hall–Kier alpha value is -3.04. The average molecular weight is 528 g/mol. The molecule has 0 aliphatic carbocycles. The Labute approximate surface area is 198 Å². The fourth-order valence-corrected chi connectivity index (χ4v) is 3.44. The minimum Gasteiger partial charge on any atom is -0.480 e. The van der Waals surface area contributed by atoms with Gasteiger partial charge in [-0.15, -0.1) is 0 Å². The minimum absolute atomic E-state index is 0.302. The molecule has 0 spiro atoms. The number of rotatable bonds is 6. The Morgan fingerprint density at radius 1 is 1.14 bits per heavy atom. The number of aliphatic hydroxyl groups excluding tert-OH is 1. The minimum atomic E-state index is -4.91. The summed E-state index contributed by atoms with van der Waals surface area (Å²) < 4.78 is 113. The van der Waals surface area contributed by atoms with Crippen LogP contribution < -0.4 is 20.9 Å². The lowest BCUT2D eigenvalue weighted by molar-refractivity contribution is -0.189. The van der Waals surface area contributed by atoms with E-state index >= 15 is 0 Å². The van der Waals surface area contributed by atoms with E-state index in [-0.39, 0.29) is 5.69 Å². The second kappa shape index (κ2) is 10.1. The van der Waals surface area contributed by atoms with Crippen molar-refractivity contribution >= 4 is 5.91 Å². The van der Waals surface area contributed by atoms with Gasteiger partial charge < -0.3 is 15.2 Å². The van der Waals surface area contributed by atoms with Gasteiger partial charge in [-0.05, 0) is 38.1 Å². The van der Waals surface area contributed by atoms with Crippen molar-refractivity contribution in [2.45, 2.75) is 57.0 Å². The molecule has 2 heterocycles. The zero-order valence-corrected chi connectivity index (χ0v) is 18.6. The fraction of sp³-hybridized carbons (Fsp3) is 0.429. The van der Waals surface area contributed by atoms with Gasteiger partial charge in [0.15, 0.2) is 6.10 Å². The van der Waals surface area contributed by atoms with Crippen molar-refractivity contribution in [2.75, 3.05) is 0 Å². The number of nitrogens with one attached hydrogen (secondary N) is 3. The second-order valence-corrected chi connectivity index (χ2v) is 8.01. The van der Waals surface area contributed by atoms with Gasteiger partial charge in [0.1, 0.15) is 29.1 Å². The van der Waals surface area contributed by atoms with E-state index in [0.717, 1.165) is 12.1 Å². The van der Waals surface area contributed by atoms with E-state index in [0.29, 0.717) is 19.1 Å². The molecule has 1 saturated heterocycles. The van der Waals surface area contributed by atoms with Crippen LogP contribution in [-0.4, -0.2) is 52.6 Å². The summed E-state index contributed by atoms with van der Waals surface area (Å²) in [5, 5.41) is 11.2. The van der Waals surface area contributed by atoms with E-state index in [1.807, 2.05) is 5.43 Å². The summed E-state index contributed by atoms with van der Waals surface area (Å²) in [7, 11) is 0. The number of halogens is 8. The summed E-state index contributed by atoms with van der Waals surface area (Å²) in [6.07, 6.45) is -12.2. The van der Waals surface area contributed by atoms with E-state index in [2.05, 4.69) is 15.7 Å². The van der Waals surface area contributed by atoms with Crippen LogP contribution in [0.2, 0.25) is 0 Å². The zero-order valence-electron chi connectivity index (χ0n) is 18.6. The standard InChI is InChI=1S/C21H20F8N4O3/c1-8-17(18(33-32-8)21(27,28)29)31-19(35)11-5-13(23)10(6-16(11)36-9(2)20(24,25)26)14-4-3-12(22)15(7-34)30-14/h3-6,8-9,17-18,32-34H,7H2,1-2H3,(H,31,35). The molecule has 4 N–H and O–H groups in total. The van der Waals surface area contributed by atoms with Crippen LogP contribution in [0.25, 0.3) is 11.3 Å². The van der Waals surface area contributed by atoms with Crippen LogP contribution in [0.5, 0.6) is 5.75 Å². The second-order valence-electron chi connectivity index (χ2n) is 8.01. The van der Waals surface area contributed by atoms with Crippen LogP contribution in [0.1, 0.15) is 29.9 Å². The van der Waals surface area contributed by atoms with Crippen molar-refractivity contribution in [1.82, 2.24) is 21.2 Å². The molecule has 1 aliphatic heterocycles. The van der Waals surface area contributed by atoms with Gasteiger partial charge in [-0.3, -0.25) is 10.2 Å². The number of carbonyl (C=O) groups is 1. The van der Waals surface area contributed by atoms with Crippen molar-refractivity contribution < 1.29 is 49.8 Å². The number of aromatic nitrogens is 1. The molecule has 0 radical (unpaired) electrons. The molecule has 4 atom stereocenters. The van der Waals surface area contributed by atoms with Crippen LogP contribution >= 0.6 is 0 Å². The van der Waals surface area contributed by atoms with Gasteiger partial charge in [-0.1, -0.05) is 0 Å². The molecule has 0 bridgehead atoms. The number of hydrogen-bond acceptors (Lipinski definition) is 6. The number of carbonyl (C=O) groups excluding carboxylic acids is 1. The number of alkyl halides is 6. The number of hydrazine groups is 1. The van der Waals surface area contributed by atoms with E-state index < -0.39 is 83.3 Å². The molecule has 1 aliphatic rings. The smallest absolute Gasteiger partial charge is 0.425 e. The highest BCUT2D eigenvalue weighted by Crippen LogP contribution is 2.34. The fourth-order valence-electron chi connectivity index (χ4n) is 3.44. The molecule has 2 aromatic rings. The third-order valence-corrected chi connectivity index (χ3v) is 5.44. The van der Waals surface area contributed by atoms with Gasteiger partial charge in [-0.2, -0.15) is 26.3 Å². The molecule has 15 heteroatoms. The topological polar surface area (TPSA) is 95.5 Å². The summed E-state index contributed by atoms with van der Waals surface area (Å²) in [5.41, 5.74) is 2.19. The van der Waals surface area contributed by atoms with Gasteiger partial charge >= 0.3 is 12.4 Å². The lowest BCUT2D eigenvalue weighted by atomic mass is 10.0. The van der Waals surface area contributed by atoms with Gasteiger partial charge in [0, 0.05) is 11.6 Å². The van der Waals surface area contributed by atoms with E-state index in [1.165, 1.54) is 6.92 Å². The van der Waals surface area contributed by atoms with Crippen LogP contribution in [-0.2, 0) is 6.61 Å². The molecular formula is C21H20F8N4O3. The summed E-state index contributed by atoms with van der Waals surface area (Å²) in [4.78, 5) is 16.6. The van der Waals surface area contributed by atoms with Crippen LogP contribution in [0, 0.1) is 11.6 Å². The molecule has 1 fully saturated rings. The molecule has 36 heavy (non-hydrogen) atoms. The van der Waals surface area contributed by atoms with Crippen LogP contribution in [0.15, 0.2) is 24.3 Å². The number of nitrogens with zero attached hydrogens (tertiary/aromatic N) is 1. The van der Waals surface area contributed by atoms with Crippen molar-refractivity contribution in [3.8, 4) is 17.0 Å². The number of hydrogen-bond donors (Lipinski definition) is 4. The number of amides is 1. The Balaban J connectivity index is 2.05. The third kappa shape index (κ3) is 5.84. The number of pyridine rings is 1. The average Bonchev–Trinajstić information content (AvgIpc) is 3.14. The monoisotopic (exact) mass is 528 g/mol. The SMILES string of the molecule is CC1NNC(C(F)(F)F)C1NC(=O)c1cc(F)c(-c2ccc(F)c(CO)n2)cc1OC(C)C(F)(F)F. The lowest BCUT2D eigenvalue weighted by Crippen LogP contribution is -2.53. The number of aliphatic hydroxyl groups is 1. The van der Waals surface area contributed by atoms with Crippen molar-refractivity contribution in [3.63, 3.8) is 0 Å². The van der Waals surface area contributed by atoms with E-state index in [1.54, 1.807) is 0 Å². The first kappa shape index (κ1) is 27.5. The summed E-state index contributed by atoms with van der Waals surface area (Å²) in [6.45, 7) is 1.06. The summed E-state index contributed by atoms with van der Waals surface area (Å²) in [6, 6.07) is -1.79. The van der Waals surface area contributed by atoms with Crippen molar-refractivity contribution in [2.24, 2.45) is 0 Å². The molecular weight excluding hydrogens is 508 g/mol. The van der Waals surface area contributed by atoms with Crippen LogP contribution in [0.3, 0.4) is 0 Å². The summed E-state index contributed by atoms with van der Waals surface area (Å²) >= 11 is 0. The quantitative estimate of drug-likeness (QED) is 0.430. The largest absolute Gasteiger partial charge is 0.480 e. The molecule has 1 aromatic carbocycles. The molecule has 1 amide bonds. The molecule has 1 aromatic heterocycles. The summed E-state index contributed by atoms with van der Waals surface area (Å²) in [5.74, 6) is -4.27. The number of ether oxygens (including phenoxy) is 1. The first-order valence-corrected chi connectivity index (χ1v) is 10.4. The maximum absolute atomic E-state index is 15.0. The van der Waals surface area contributed by atoms with Gasteiger partial charge in [0.05, 0.1) is 23.9 Å². The maximum atomic E-state index is 15.0. The predicted molar refractivity (Wildman–Crippen MR) is 108 cm³/mol. The molecule has 0 saturated carbocycles. The van der Waals surface area contributed by atoms with Gasteiger partial charge in [0.25, 0.3) is 5.91 Å². The Morgan fingerprint density at radius 3 is 2.39 bits per heavy atom. The third-order valence-electron chi connectivity index (χ3n) is 5.44. The Morgan fingerprint density at radius 2 is 1.81 bits per heavy atom. The van der Waals surface area contributed by atoms with E-state index in [9.17, 15) is 45.0 Å². The number of benzene rings is 1. The maximum Gasteiger partial charge on any atom is 0.425 e. The Bertz CT molecular complexity index is 1130. The molecule has 4 unspecified atom stereocenters. The van der Waals surface area contributed by atoms with Crippen molar-refractivity contribution in [1.29, 1.82) is 0 Å². The van der Waals surface area contributed by atoms with E-state index in [4.69, 9.17) is 4.74 Å². The first-order valence-electron chi connectivity index (χ1n) is 10.4. The van der Waals surface area contributed by atoms with Crippen molar-refractivity contribution in [3.05, 3.63) is 47.2 Å². The van der Waals surface area contributed by atoms with Gasteiger partial charge in [0.2, 0.25) is 0 Å². The normalized spacial score (nSPS) is 21.4. The highest BCUT2D eigenvalue weighted by Gasteiger charge is 2.51. The Kier molecular flexibility index (Phi) is 7.76. The molecule has 3 rings (SSSR count). The first-order chi connectivity index (χ1) is 16.6. The van der Waals surface area contributed by atoms with Crippen LogP contribution in [0.4, 0.5) is 35.1 Å². The lowest BCUT2D eigenvalue weighted by Gasteiger charge is -2.25. The molecule has 198 valence electrons. The zero-order chi connectivity index (χ0) is 27.0. The highest BCUT2D eigenvalue weighted by atomic mass is 19.4. The van der Waals surface area contributed by atoms with Gasteiger partial charge in [-0.25, -0.2) is 19.2 Å². The highest BCUT2D eigenvalue weighted by molar-refractivity contribution is 5.98. The molecule has 7 nitrogen and oxygen atoms in total. The predicted octanol–water partition coefficient (Wildman–Crippen LogP) is 3.37.